The predicted octanol–water partition coefficient (Wildman–Crippen LogP) is 1.90. The van der Waals surface area contributed by atoms with Gasteiger partial charge in [0, 0.05) is 25.3 Å². The smallest absolute Gasteiger partial charge is 0.270 e. The lowest BCUT2D eigenvalue weighted by Gasteiger charge is -2.16. The van der Waals surface area contributed by atoms with Crippen LogP contribution < -0.4 is 10.6 Å². The number of amides is 1. The SMILES string of the molecule is CN(C)CCNC(=O)c1ccnc(NC2CCCCCC2)n1. The number of carbonyl (C=O) groups is 1. The molecular formula is C16H27N5O. The zero-order valence-corrected chi connectivity index (χ0v) is 13.6. The molecule has 2 rings (SSSR count). The van der Waals surface area contributed by atoms with E-state index in [9.17, 15) is 4.79 Å². The molecule has 1 amide bonds. The van der Waals surface area contributed by atoms with Crippen LogP contribution in [0.15, 0.2) is 12.3 Å². The summed E-state index contributed by atoms with van der Waals surface area (Å²) in [5.41, 5.74) is 0.421. The van der Waals surface area contributed by atoms with Crippen LogP contribution in [0.4, 0.5) is 5.95 Å². The molecule has 1 aromatic heterocycles. The van der Waals surface area contributed by atoms with Crippen LogP contribution >= 0.6 is 0 Å². The Bertz CT molecular complexity index is 469. The fourth-order valence-corrected chi connectivity index (χ4v) is 2.64. The topological polar surface area (TPSA) is 70.2 Å². The lowest BCUT2D eigenvalue weighted by Crippen LogP contribution is -2.32. The largest absolute Gasteiger partial charge is 0.351 e. The molecule has 0 aromatic carbocycles. The monoisotopic (exact) mass is 305 g/mol. The van der Waals surface area contributed by atoms with Crippen molar-refractivity contribution in [2.24, 2.45) is 0 Å². The standard InChI is InChI=1S/C16H27N5O/c1-21(2)12-11-17-15(22)14-9-10-18-16(20-14)19-13-7-5-3-4-6-8-13/h9-10,13H,3-8,11-12H2,1-2H3,(H,17,22)(H,18,19,20). The molecule has 0 saturated heterocycles. The van der Waals surface area contributed by atoms with Gasteiger partial charge < -0.3 is 15.5 Å². The number of carbonyl (C=O) groups excluding carboxylic acids is 1. The molecule has 1 fully saturated rings. The second kappa shape index (κ2) is 8.68. The summed E-state index contributed by atoms with van der Waals surface area (Å²) < 4.78 is 0. The summed E-state index contributed by atoms with van der Waals surface area (Å²) in [6.45, 7) is 1.42. The Morgan fingerprint density at radius 3 is 2.68 bits per heavy atom. The van der Waals surface area contributed by atoms with Crippen LogP contribution in [0, 0.1) is 0 Å². The summed E-state index contributed by atoms with van der Waals surface area (Å²) in [5, 5.41) is 6.25. The fourth-order valence-electron chi connectivity index (χ4n) is 2.64. The van der Waals surface area contributed by atoms with Crippen LogP contribution in [0.5, 0.6) is 0 Å². The minimum atomic E-state index is -0.145. The third-order valence-corrected chi connectivity index (χ3v) is 3.92. The highest BCUT2D eigenvalue weighted by Gasteiger charge is 2.14. The molecular weight excluding hydrogens is 278 g/mol. The van der Waals surface area contributed by atoms with Crippen LogP contribution in [0.3, 0.4) is 0 Å². The van der Waals surface area contributed by atoms with Gasteiger partial charge in [0.1, 0.15) is 5.69 Å². The van der Waals surface area contributed by atoms with Crippen molar-refractivity contribution in [2.75, 3.05) is 32.5 Å². The molecule has 0 aliphatic heterocycles. The third kappa shape index (κ3) is 5.60. The van der Waals surface area contributed by atoms with E-state index in [1.54, 1.807) is 12.3 Å². The molecule has 6 nitrogen and oxygen atoms in total. The normalized spacial score (nSPS) is 16.3. The zero-order chi connectivity index (χ0) is 15.8. The summed E-state index contributed by atoms with van der Waals surface area (Å²) in [6, 6.07) is 2.08. The van der Waals surface area contributed by atoms with Gasteiger partial charge in [-0.3, -0.25) is 4.79 Å². The maximum absolute atomic E-state index is 12.1. The van der Waals surface area contributed by atoms with Crippen molar-refractivity contribution >= 4 is 11.9 Å². The average Bonchev–Trinajstić information content (AvgIpc) is 2.76. The van der Waals surface area contributed by atoms with E-state index in [1.807, 2.05) is 19.0 Å². The lowest BCUT2D eigenvalue weighted by molar-refractivity contribution is 0.0946. The van der Waals surface area contributed by atoms with Crippen molar-refractivity contribution in [3.8, 4) is 0 Å². The molecule has 0 radical (unpaired) electrons. The number of rotatable bonds is 6. The Labute approximate surface area is 132 Å². The van der Waals surface area contributed by atoms with Crippen molar-refractivity contribution in [2.45, 2.75) is 44.6 Å². The van der Waals surface area contributed by atoms with E-state index >= 15 is 0 Å². The first kappa shape index (κ1) is 16.7. The van der Waals surface area contributed by atoms with Gasteiger partial charge in [0.15, 0.2) is 0 Å². The molecule has 0 bridgehead atoms. The van der Waals surface area contributed by atoms with Crippen molar-refractivity contribution < 1.29 is 4.79 Å². The van der Waals surface area contributed by atoms with Crippen LogP contribution in [0.25, 0.3) is 0 Å². The highest BCUT2D eigenvalue weighted by atomic mass is 16.1. The molecule has 22 heavy (non-hydrogen) atoms. The molecule has 0 spiro atoms. The molecule has 1 heterocycles. The molecule has 2 N–H and O–H groups in total. The van der Waals surface area contributed by atoms with Gasteiger partial charge in [-0.1, -0.05) is 25.7 Å². The number of likely N-dealkylation sites (N-methyl/N-ethyl adjacent to an activating group) is 1. The van der Waals surface area contributed by atoms with E-state index in [2.05, 4.69) is 20.6 Å². The van der Waals surface area contributed by atoms with Crippen molar-refractivity contribution in [3.63, 3.8) is 0 Å². The molecule has 1 aromatic rings. The number of nitrogens with one attached hydrogen (secondary N) is 2. The molecule has 1 aliphatic rings. The van der Waals surface area contributed by atoms with E-state index in [0.717, 1.165) is 19.4 Å². The molecule has 6 heteroatoms. The Morgan fingerprint density at radius 1 is 1.27 bits per heavy atom. The first-order valence-corrected chi connectivity index (χ1v) is 8.17. The van der Waals surface area contributed by atoms with E-state index < -0.39 is 0 Å². The Hall–Kier alpha value is -1.69. The summed E-state index contributed by atoms with van der Waals surface area (Å²) in [7, 11) is 3.96. The van der Waals surface area contributed by atoms with Gasteiger partial charge in [-0.15, -0.1) is 0 Å². The predicted molar refractivity (Wildman–Crippen MR) is 88.0 cm³/mol. The number of aromatic nitrogens is 2. The molecule has 122 valence electrons. The molecule has 0 unspecified atom stereocenters. The second-order valence-electron chi connectivity index (χ2n) is 6.16. The van der Waals surface area contributed by atoms with Gasteiger partial charge in [-0.25, -0.2) is 9.97 Å². The van der Waals surface area contributed by atoms with Crippen LogP contribution in [-0.4, -0.2) is 54.0 Å². The number of nitrogens with zero attached hydrogens (tertiary/aromatic N) is 3. The quantitative estimate of drug-likeness (QED) is 0.786. The van der Waals surface area contributed by atoms with Gasteiger partial charge in [0.2, 0.25) is 5.95 Å². The maximum Gasteiger partial charge on any atom is 0.270 e. The van der Waals surface area contributed by atoms with Gasteiger partial charge in [-0.2, -0.15) is 0 Å². The zero-order valence-electron chi connectivity index (χ0n) is 13.6. The van der Waals surface area contributed by atoms with Crippen LogP contribution in [-0.2, 0) is 0 Å². The number of hydrogen-bond donors (Lipinski definition) is 2. The van der Waals surface area contributed by atoms with Crippen molar-refractivity contribution in [3.05, 3.63) is 18.0 Å². The molecule has 1 saturated carbocycles. The van der Waals surface area contributed by atoms with E-state index in [4.69, 9.17) is 0 Å². The minimum absolute atomic E-state index is 0.145. The Morgan fingerprint density at radius 2 is 2.00 bits per heavy atom. The summed E-state index contributed by atoms with van der Waals surface area (Å²) >= 11 is 0. The molecule has 1 aliphatic carbocycles. The van der Waals surface area contributed by atoms with Gasteiger partial charge in [-0.05, 0) is 33.0 Å². The number of hydrogen-bond acceptors (Lipinski definition) is 5. The van der Waals surface area contributed by atoms with Gasteiger partial charge in [0.25, 0.3) is 5.91 Å². The van der Waals surface area contributed by atoms with Gasteiger partial charge in [0.05, 0.1) is 0 Å². The summed E-state index contributed by atoms with van der Waals surface area (Å²) in [6.07, 6.45) is 9.09. The average molecular weight is 305 g/mol. The van der Waals surface area contributed by atoms with Crippen molar-refractivity contribution in [1.82, 2.24) is 20.2 Å². The Balaban J connectivity index is 1.89. The minimum Gasteiger partial charge on any atom is -0.351 e. The third-order valence-electron chi connectivity index (χ3n) is 3.92. The van der Waals surface area contributed by atoms with E-state index in [0.29, 0.717) is 24.2 Å². The Kier molecular flexibility index (Phi) is 6.58. The molecule has 0 atom stereocenters. The number of anilines is 1. The summed E-state index contributed by atoms with van der Waals surface area (Å²) in [5.74, 6) is 0.417. The summed E-state index contributed by atoms with van der Waals surface area (Å²) in [4.78, 5) is 22.7. The first-order chi connectivity index (χ1) is 10.6. The first-order valence-electron chi connectivity index (χ1n) is 8.17. The second-order valence-corrected chi connectivity index (χ2v) is 6.16. The van der Waals surface area contributed by atoms with Crippen molar-refractivity contribution in [1.29, 1.82) is 0 Å². The van der Waals surface area contributed by atoms with E-state index in [-0.39, 0.29) is 5.91 Å². The lowest BCUT2D eigenvalue weighted by atomic mass is 10.1. The van der Waals surface area contributed by atoms with Gasteiger partial charge >= 0.3 is 0 Å². The van der Waals surface area contributed by atoms with Crippen LogP contribution in [0.2, 0.25) is 0 Å². The fraction of sp³-hybridized carbons (Fsp3) is 0.688. The highest BCUT2D eigenvalue weighted by molar-refractivity contribution is 5.92. The maximum atomic E-state index is 12.1. The van der Waals surface area contributed by atoms with Crippen LogP contribution in [0.1, 0.15) is 49.0 Å². The van der Waals surface area contributed by atoms with E-state index in [1.165, 1.54) is 25.7 Å². The highest BCUT2D eigenvalue weighted by Crippen LogP contribution is 2.19.